The zero-order chi connectivity index (χ0) is 10.4. The van der Waals surface area contributed by atoms with Crippen molar-refractivity contribution in [3.63, 3.8) is 0 Å². The number of thioether (sulfide) groups is 1. The minimum Gasteiger partial charge on any atom is -0.313 e. The van der Waals surface area contributed by atoms with Crippen molar-refractivity contribution in [1.82, 2.24) is 5.32 Å². The lowest BCUT2D eigenvalue weighted by atomic mass is 10.1. The van der Waals surface area contributed by atoms with Gasteiger partial charge in [0.15, 0.2) is 0 Å². The molecule has 1 rings (SSSR count). The molecule has 1 nitrogen and oxygen atoms in total. The zero-order valence-electron chi connectivity index (χ0n) is 9.94. The summed E-state index contributed by atoms with van der Waals surface area (Å²) >= 11 is 2.05. The molecule has 14 heavy (non-hydrogen) atoms. The van der Waals surface area contributed by atoms with Crippen LogP contribution in [0.5, 0.6) is 0 Å². The summed E-state index contributed by atoms with van der Waals surface area (Å²) in [6, 6.07) is 0.763. The van der Waals surface area contributed by atoms with Gasteiger partial charge in [-0.3, -0.25) is 0 Å². The highest BCUT2D eigenvalue weighted by atomic mass is 32.2. The molecule has 0 bridgehead atoms. The fraction of sp³-hybridized carbons (Fsp3) is 1.00. The minimum absolute atomic E-state index is 0.625. The van der Waals surface area contributed by atoms with Crippen LogP contribution in [0.4, 0.5) is 0 Å². The number of hydrogen-bond donors (Lipinski definition) is 1. The molecular weight excluding hydrogens is 190 g/mol. The molecule has 1 aliphatic carbocycles. The van der Waals surface area contributed by atoms with Crippen LogP contribution in [-0.2, 0) is 0 Å². The molecule has 1 fully saturated rings. The van der Waals surface area contributed by atoms with Gasteiger partial charge in [-0.1, -0.05) is 26.7 Å². The summed E-state index contributed by atoms with van der Waals surface area (Å²) < 4.78 is 0.625. The van der Waals surface area contributed by atoms with E-state index in [0.29, 0.717) is 4.75 Å². The van der Waals surface area contributed by atoms with Crippen LogP contribution in [0.3, 0.4) is 0 Å². The maximum Gasteiger partial charge on any atom is 0.0282 e. The third kappa shape index (κ3) is 3.82. The monoisotopic (exact) mass is 215 g/mol. The summed E-state index contributed by atoms with van der Waals surface area (Å²) in [4.78, 5) is 0. The normalized spacial score (nSPS) is 20.8. The van der Waals surface area contributed by atoms with E-state index in [0.717, 1.165) is 6.04 Å². The van der Waals surface area contributed by atoms with Gasteiger partial charge >= 0.3 is 0 Å². The SMILES string of the molecule is CCCCC(CC)NCC1(SC)CC1. The third-order valence-corrected chi connectivity index (χ3v) is 4.77. The van der Waals surface area contributed by atoms with Gasteiger partial charge < -0.3 is 5.32 Å². The Balaban J connectivity index is 2.13. The van der Waals surface area contributed by atoms with Crippen molar-refractivity contribution in [2.24, 2.45) is 0 Å². The number of nitrogens with one attached hydrogen (secondary N) is 1. The summed E-state index contributed by atoms with van der Waals surface area (Å²) in [5.74, 6) is 0. The molecule has 0 spiro atoms. The molecule has 2 heteroatoms. The van der Waals surface area contributed by atoms with E-state index < -0.39 is 0 Å². The smallest absolute Gasteiger partial charge is 0.0282 e. The fourth-order valence-electron chi connectivity index (χ4n) is 1.82. The number of hydrogen-bond acceptors (Lipinski definition) is 2. The van der Waals surface area contributed by atoms with Gasteiger partial charge in [0.2, 0.25) is 0 Å². The predicted molar refractivity (Wildman–Crippen MR) is 67.1 cm³/mol. The molecule has 1 saturated carbocycles. The summed E-state index contributed by atoms with van der Waals surface area (Å²) in [5, 5.41) is 3.74. The van der Waals surface area contributed by atoms with Crippen molar-refractivity contribution >= 4 is 11.8 Å². The average Bonchev–Trinajstić information content (AvgIpc) is 2.99. The molecule has 1 aliphatic rings. The van der Waals surface area contributed by atoms with Crippen molar-refractivity contribution < 1.29 is 0 Å². The minimum atomic E-state index is 0.625. The highest BCUT2D eigenvalue weighted by Gasteiger charge is 2.41. The highest BCUT2D eigenvalue weighted by molar-refractivity contribution is 8.00. The third-order valence-electron chi connectivity index (χ3n) is 3.35. The maximum atomic E-state index is 3.74. The van der Waals surface area contributed by atoms with E-state index in [1.165, 1.54) is 45.1 Å². The Labute approximate surface area is 93.4 Å². The average molecular weight is 215 g/mol. The van der Waals surface area contributed by atoms with E-state index in [1.807, 2.05) is 0 Å². The first-order chi connectivity index (χ1) is 6.76. The first-order valence-electron chi connectivity index (χ1n) is 6.05. The van der Waals surface area contributed by atoms with Crippen LogP contribution in [-0.4, -0.2) is 23.6 Å². The quantitative estimate of drug-likeness (QED) is 0.665. The predicted octanol–water partition coefficient (Wildman–Crippen LogP) is 3.44. The Hall–Kier alpha value is 0.310. The van der Waals surface area contributed by atoms with E-state index in [1.54, 1.807) is 0 Å². The number of rotatable bonds is 8. The van der Waals surface area contributed by atoms with Crippen molar-refractivity contribution in [2.45, 2.75) is 63.2 Å². The van der Waals surface area contributed by atoms with Gasteiger partial charge in [0.05, 0.1) is 0 Å². The van der Waals surface area contributed by atoms with Crippen LogP contribution in [0.1, 0.15) is 52.4 Å². The second kappa shape index (κ2) is 6.02. The maximum absolute atomic E-state index is 3.74. The molecule has 0 amide bonds. The van der Waals surface area contributed by atoms with Crippen LogP contribution >= 0.6 is 11.8 Å². The molecule has 0 aromatic rings. The van der Waals surface area contributed by atoms with E-state index >= 15 is 0 Å². The molecular formula is C12H25NS. The molecule has 1 atom stereocenters. The van der Waals surface area contributed by atoms with E-state index in [2.05, 4.69) is 37.2 Å². The first-order valence-corrected chi connectivity index (χ1v) is 7.27. The van der Waals surface area contributed by atoms with Crippen LogP contribution in [0.25, 0.3) is 0 Å². The van der Waals surface area contributed by atoms with Gasteiger partial charge in [0.25, 0.3) is 0 Å². The van der Waals surface area contributed by atoms with Crippen LogP contribution in [0.15, 0.2) is 0 Å². The summed E-state index contributed by atoms with van der Waals surface area (Å²) in [5.41, 5.74) is 0. The Kier molecular flexibility index (Phi) is 5.32. The van der Waals surface area contributed by atoms with Gasteiger partial charge in [0.1, 0.15) is 0 Å². The standard InChI is InChI=1S/C12H25NS/c1-4-6-7-11(5-2)13-10-12(14-3)8-9-12/h11,13H,4-10H2,1-3H3. The topological polar surface area (TPSA) is 12.0 Å². The van der Waals surface area contributed by atoms with Gasteiger partial charge in [-0.25, -0.2) is 0 Å². The molecule has 0 aliphatic heterocycles. The second-order valence-corrected chi connectivity index (χ2v) is 5.79. The molecule has 1 N–H and O–H groups in total. The number of unbranched alkanes of at least 4 members (excludes halogenated alkanes) is 1. The molecule has 0 heterocycles. The largest absolute Gasteiger partial charge is 0.313 e. The van der Waals surface area contributed by atoms with E-state index in [4.69, 9.17) is 0 Å². The fourth-order valence-corrected chi connectivity index (χ4v) is 2.56. The summed E-state index contributed by atoms with van der Waals surface area (Å²) in [7, 11) is 0. The van der Waals surface area contributed by atoms with Crippen LogP contribution in [0.2, 0.25) is 0 Å². The van der Waals surface area contributed by atoms with E-state index in [9.17, 15) is 0 Å². The van der Waals surface area contributed by atoms with E-state index in [-0.39, 0.29) is 0 Å². The Morgan fingerprint density at radius 3 is 2.50 bits per heavy atom. The lowest BCUT2D eigenvalue weighted by molar-refractivity contribution is 0.450. The molecule has 0 aromatic heterocycles. The van der Waals surface area contributed by atoms with Gasteiger partial charge in [-0.15, -0.1) is 0 Å². The molecule has 0 saturated heterocycles. The Morgan fingerprint density at radius 2 is 2.07 bits per heavy atom. The summed E-state index contributed by atoms with van der Waals surface area (Å²) in [6.45, 7) is 5.80. The van der Waals surface area contributed by atoms with Gasteiger partial charge in [0, 0.05) is 17.3 Å². The Morgan fingerprint density at radius 1 is 1.36 bits per heavy atom. The molecule has 1 unspecified atom stereocenters. The first kappa shape index (κ1) is 12.4. The van der Waals surface area contributed by atoms with Gasteiger partial charge in [-0.05, 0) is 31.9 Å². The van der Waals surface area contributed by atoms with Crippen LogP contribution < -0.4 is 5.32 Å². The lowest BCUT2D eigenvalue weighted by Crippen LogP contribution is -2.35. The van der Waals surface area contributed by atoms with Crippen molar-refractivity contribution in [2.75, 3.05) is 12.8 Å². The van der Waals surface area contributed by atoms with Crippen molar-refractivity contribution in [1.29, 1.82) is 0 Å². The lowest BCUT2D eigenvalue weighted by Gasteiger charge is -2.20. The second-order valence-electron chi connectivity index (χ2n) is 4.52. The van der Waals surface area contributed by atoms with Crippen molar-refractivity contribution in [3.05, 3.63) is 0 Å². The molecule has 0 aromatic carbocycles. The van der Waals surface area contributed by atoms with Crippen molar-refractivity contribution in [3.8, 4) is 0 Å². The van der Waals surface area contributed by atoms with Gasteiger partial charge in [-0.2, -0.15) is 11.8 Å². The Bertz CT molecular complexity index is 154. The highest BCUT2D eigenvalue weighted by Crippen LogP contribution is 2.46. The molecule has 84 valence electrons. The molecule has 0 radical (unpaired) electrons. The summed E-state index contributed by atoms with van der Waals surface area (Å²) in [6.07, 6.45) is 10.4. The van der Waals surface area contributed by atoms with Crippen LogP contribution in [0, 0.1) is 0 Å². The zero-order valence-corrected chi connectivity index (χ0v) is 10.8.